The SMILES string of the molecule is C=C=C(C)N(C(=O)OCc1ccccc1)P(=O)(OCC)OCC. The van der Waals surface area contributed by atoms with Crippen LogP contribution in [0.3, 0.4) is 0 Å². The molecule has 0 saturated carbocycles. The summed E-state index contributed by atoms with van der Waals surface area (Å²) >= 11 is 0. The van der Waals surface area contributed by atoms with Crippen LogP contribution in [0.4, 0.5) is 4.79 Å². The highest BCUT2D eigenvalue weighted by atomic mass is 31.2. The van der Waals surface area contributed by atoms with Gasteiger partial charge in [0.05, 0.1) is 18.9 Å². The smallest absolute Gasteiger partial charge is 0.444 e. The Labute approximate surface area is 136 Å². The molecule has 23 heavy (non-hydrogen) atoms. The monoisotopic (exact) mass is 339 g/mol. The van der Waals surface area contributed by atoms with Crippen molar-refractivity contribution in [2.45, 2.75) is 27.4 Å². The molecular weight excluding hydrogens is 317 g/mol. The fourth-order valence-electron chi connectivity index (χ4n) is 1.76. The molecule has 0 fully saturated rings. The third-order valence-electron chi connectivity index (χ3n) is 2.78. The van der Waals surface area contributed by atoms with Crippen molar-refractivity contribution < 1.29 is 23.1 Å². The number of amides is 1. The van der Waals surface area contributed by atoms with Gasteiger partial charge in [0.2, 0.25) is 0 Å². The summed E-state index contributed by atoms with van der Waals surface area (Å²) in [6.45, 7) is 8.59. The molecule has 1 amide bonds. The van der Waals surface area contributed by atoms with Gasteiger partial charge in [-0.3, -0.25) is 9.05 Å². The van der Waals surface area contributed by atoms with E-state index in [1.165, 1.54) is 6.92 Å². The van der Waals surface area contributed by atoms with Gasteiger partial charge in [-0.05, 0) is 26.3 Å². The molecule has 1 aromatic rings. The zero-order valence-corrected chi connectivity index (χ0v) is 14.5. The molecular formula is C16H22NO5P. The molecule has 1 rings (SSSR count). The van der Waals surface area contributed by atoms with E-state index in [4.69, 9.17) is 13.8 Å². The number of ether oxygens (including phenoxy) is 1. The average molecular weight is 339 g/mol. The summed E-state index contributed by atoms with van der Waals surface area (Å²) in [5.74, 6) is 0. The predicted octanol–water partition coefficient (Wildman–Crippen LogP) is 4.50. The van der Waals surface area contributed by atoms with Crippen molar-refractivity contribution in [1.82, 2.24) is 4.67 Å². The van der Waals surface area contributed by atoms with Crippen LogP contribution in [0.5, 0.6) is 0 Å². The lowest BCUT2D eigenvalue weighted by atomic mass is 10.2. The quantitative estimate of drug-likeness (QED) is 0.515. The largest absolute Gasteiger partial charge is 0.444 e. The summed E-state index contributed by atoms with van der Waals surface area (Å²) in [5, 5.41) is 0. The van der Waals surface area contributed by atoms with Gasteiger partial charge < -0.3 is 4.74 Å². The number of benzene rings is 1. The lowest BCUT2D eigenvalue weighted by Crippen LogP contribution is -2.29. The maximum atomic E-state index is 12.9. The number of nitrogens with zero attached hydrogens (tertiary/aromatic N) is 1. The fourth-order valence-corrected chi connectivity index (χ4v) is 3.41. The van der Waals surface area contributed by atoms with E-state index < -0.39 is 13.8 Å². The molecule has 6 nitrogen and oxygen atoms in total. The highest BCUT2D eigenvalue weighted by molar-refractivity contribution is 7.52. The van der Waals surface area contributed by atoms with Crippen LogP contribution in [-0.2, 0) is 25.0 Å². The van der Waals surface area contributed by atoms with E-state index >= 15 is 0 Å². The molecule has 0 spiro atoms. The average Bonchev–Trinajstić information content (AvgIpc) is 2.54. The summed E-state index contributed by atoms with van der Waals surface area (Å²) in [4.78, 5) is 12.4. The standard InChI is InChI=1S/C16H22NO5P/c1-5-14(4)17(23(19,21-6-2)22-7-3)16(18)20-13-15-11-9-8-10-12-15/h8-12H,1,6-7,13H2,2-4H3. The molecule has 1 aromatic carbocycles. The second-order valence-electron chi connectivity index (χ2n) is 4.42. The topological polar surface area (TPSA) is 65.1 Å². The van der Waals surface area contributed by atoms with Crippen LogP contribution in [0.15, 0.2) is 48.3 Å². The Kier molecular flexibility index (Phi) is 7.79. The molecule has 0 heterocycles. The van der Waals surface area contributed by atoms with E-state index in [0.29, 0.717) is 0 Å². The minimum Gasteiger partial charge on any atom is -0.444 e. The maximum absolute atomic E-state index is 12.9. The third kappa shape index (κ3) is 5.38. The van der Waals surface area contributed by atoms with Gasteiger partial charge in [0.1, 0.15) is 6.61 Å². The van der Waals surface area contributed by atoms with Gasteiger partial charge >= 0.3 is 13.8 Å². The molecule has 0 aromatic heterocycles. The minimum absolute atomic E-state index is 0.0405. The van der Waals surface area contributed by atoms with Crippen molar-refractivity contribution in [2.75, 3.05) is 13.2 Å². The summed E-state index contributed by atoms with van der Waals surface area (Å²) < 4.78 is 29.3. The van der Waals surface area contributed by atoms with E-state index in [0.717, 1.165) is 10.2 Å². The van der Waals surface area contributed by atoms with Gasteiger partial charge in [0.25, 0.3) is 0 Å². The second-order valence-corrected chi connectivity index (χ2v) is 6.27. The zero-order chi connectivity index (χ0) is 17.3. The minimum atomic E-state index is -3.86. The molecule has 7 heteroatoms. The maximum Gasteiger partial charge on any atom is 0.444 e. The number of allylic oxidation sites excluding steroid dienone is 1. The molecule has 0 bridgehead atoms. The van der Waals surface area contributed by atoms with E-state index in [9.17, 15) is 9.36 Å². The van der Waals surface area contributed by atoms with Crippen molar-refractivity contribution in [1.29, 1.82) is 0 Å². The number of hydrogen-bond donors (Lipinski definition) is 0. The number of carbonyl (C=O) groups excluding carboxylic acids is 1. The van der Waals surface area contributed by atoms with Gasteiger partial charge in [0, 0.05) is 0 Å². The Morgan fingerprint density at radius 2 is 1.78 bits per heavy atom. The van der Waals surface area contributed by atoms with Gasteiger partial charge in [0.15, 0.2) is 0 Å². The Morgan fingerprint density at radius 3 is 2.26 bits per heavy atom. The van der Waals surface area contributed by atoms with Crippen molar-refractivity contribution >= 4 is 13.8 Å². The van der Waals surface area contributed by atoms with Gasteiger partial charge in [-0.1, -0.05) is 36.9 Å². The molecule has 126 valence electrons. The number of hydrogen-bond acceptors (Lipinski definition) is 5. The first-order valence-electron chi connectivity index (χ1n) is 7.25. The van der Waals surface area contributed by atoms with E-state index in [1.807, 2.05) is 30.3 Å². The molecule has 0 aliphatic rings. The van der Waals surface area contributed by atoms with E-state index in [1.54, 1.807) is 13.8 Å². The van der Waals surface area contributed by atoms with Crippen molar-refractivity contribution in [3.05, 3.63) is 53.9 Å². The van der Waals surface area contributed by atoms with Crippen molar-refractivity contribution in [3.63, 3.8) is 0 Å². The van der Waals surface area contributed by atoms with Crippen molar-refractivity contribution in [2.24, 2.45) is 0 Å². The molecule has 0 saturated heterocycles. The summed E-state index contributed by atoms with van der Waals surface area (Å²) in [6.07, 6.45) is -0.840. The third-order valence-corrected chi connectivity index (χ3v) is 4.90. The first kappa shape index (κ1) is 19.2. The van der Waals surface area contributed by atoms with E-state index in [2.05, 4.69) is 12.3 Å². The van der Waals surface area contributed by atoms with Crippen LogP contribution < -0.4 is 0 Å². The Morgan fingerprint density at radius 1 is 1.22 bits per heavy atom. The van der Waals surface area contributed by atoms with Gasteiger partial charge in [-0.25, -0.2) is 9.36 Å². The number of rotatable bonds is 8. The predicted molar refractivity (Wildman–Crippen MR) is 87.7 cm³/mol. The Bertz CT molecular complexity index is 600. The molecule has 0 aliphatic carbocycles. The lowest BCUT2D eigenvalue weighted by Gasteiger charge is -2.28. The van der Waals surface area contributed by atoms with Crippen LogP contribution in [-0.4, -0.2) is 24.0 Å². The van der Waals surface area contributed by atoms with Crippen LogP contribution in [0.2, 0.25) is 0 Å². The van der Waals surface area contributed by atoms with Crippen LogP contribution in [0.1, 0.15) is 26.3 Å². The molecule has 0 unspecified atom stereocenters. The van der Waals surface area contributed by atoms with Crippen LogP contribution in [0, 0.1) is 0 Å². The first-order chi connectivity index (χ1) is 11.0. The highest BCUT2D eigenvalue weighted by Crippen LogP contribution is 2.54. The highest BCUT2D eigenvalue weighted by Gasteiger charge is 2.39. The van der Waals surface area contributed by atoms with Gasteiger partial charge in [-0.2, -0.15) is 4.67 Å². The van der Waals surface area contributed by atoms with Crippen LogP contribution >= 0.6 is 7.75 Å². The molecule has 0 radical (unpaired) electrons. The summed E-state index contributed by atoms with van der Waals surface area (Å²) in [7, 11) is -3.86. The lowest BCUT2D eigenvalue weighted by molar-refractivity contribution is 0.108. The van der Waals surface area contributed by atoms with Crippen LogP contribution in [0.25, 0.3) is 0 Å². The van der Waals surface area contributed by atoms with Gasteiger partial charge in [-0.15, -0.1) is 5.73 Å². The van der Waals surface area contributed by atoms with Crippen molar-refractivity contribution in [3.8, 4) is 0 Å². The van der Waals surface area contributed by atoms with E-state index in [-0.39, 0.29) is 25.5 Å². The molecule has 0 aliphatic heterocycles. The summed E-state index contributed by atoms with van der Waals surface area (Å²) in [6, 6.07) is 9.17. The second kappa shape index (κ2) is 9.33. The fraction of sp³-hybridized carbons (Fsp3) is 0.375. The molecule has 0 N–H and O–H groups in total. The Hall–Kier alpha value is -1.84. The zero-order valence-electron chi connectivity index (χ0n) is 13.7. The summed E-state index contributed by atoms with van der Waals surface area (Å²) in [5.41, 5.74) is 3.54. The Balaban J connectivity index is 2.98. The molecule has 0 atom stereocenters. The number of carbonyl (C=O) groups is 1. The normalized spacial score (nSPS) is 10.7. The first-order valence-corrected chi connectivity index (χ1v) is 8.75.